The van der Waals surface area contributed by atoms with E-state index >= 15 is 0 Å². The van der Waals surface area contributed by atoms with E-state index in [1.54, 1.807) is 4.90 Å². The Balaban J connectivity index is 1.71. The molecule has 8 heteroatoms. The number of aliphatic carboxylic acids is 1. The van der Waals surface area contributed by atoms with E-state index in [2.05, 4.69) is 20.0 Å². The molecule has 19 heavy (non-hydrogen) atoms. The molecule has 0 radical (unpaired) electrons. The lowest BCUT2D eigenvalue weighted by atomic mass is 10.0. The average Bonchev–Trinajstić information content (AvgIpc) is 3.04. The Bertz CT molecular complexity index is 434. The van der Waals surface area contributed by atoms with Gasteiger partial charge in [-0.15, -0.1) is 0 Å². The molecule has 2 N–H and O–H groups in total. The van der Waals surface area contributed by atoms with Crippen LogP contribution in [0.1, 0.15) is 25.1 Å². The summed E-state index contributed by atoms with van der Waals surface area (Å²) in [4.78, 5) is 27.8. The first-order valence-electron chi connectivity index (χ1n) is 6.15. The van der Waals surface area contributed by atoms with E-state index in [0.29, 0.717) is 25.3 Å². The fourth-order valence-corrected chi connectivity index (χ4v) is 2.12. The number of amides is 2. The van der Waals surface area contributed by atoms with E-state index in [9.17, 15) is 9.59 Å². The van der Waals surface area contributed by atoms with Crippen molar-refractivity contribution in [1.29, 1.82) is 0 Å². The van der Waals surface area contributed by atoms with Gasteiger partial charge in [0.15, 0.2) is 5.82 Å². The van der Waals surface area contributed by atoms with Crippen LogP contribution in [0.15, 0.2) is 10.9 Å². The molecule has 0 aromatic carbocycles. The number of urea groups is 1. The Labute approximate surface area is 109 Å². The highest BCUT2D eigenvalue weighted by atomic mass is 16.5. The summed E-state index contributed by atoms with van der Waals surface area (Å²) >= 11 is 0. The van der Waals surface area contributed by atoms with Crippen LogP contribution in [-0.4, -0.2) is 45.2 Å². The van der Waals surface area contributed by atoms with Crippen LogP contribution in [0.25, 0.3) is 0 Å². The Kier molecular flexibility index (Phi) is 4.32. The van der Waals surface area contributed by atoms with Crippen LogP contribution in [0.3, 0.4) is 0 Å². The molecule has 2 rings (SSSR count). The SMILES string of the molecule is O=C(O)CCC1CCN(C(=O)NCc2ncon2)C1. The Hall–Kier alpha value is -2.12. The van der Waals surface area contributed by atoms with Crippen molar-refractivity contribution in [3.63, 3.8) is 0 Å². The molecule has 0 bridgehead atoms. The van der Waals surface area contributed by atoms with Gasteiger partial charge >= 0.3 is 12.0 Å². The maximum atomic E-state index is 11.8. The van der Waals surface area contributed by atoms with Gasteiger partial charge in [0.2, 0.25) is 6.39 Å². The summed E-state index contributed by atoms with van der Waals surface area (Å²) in [5.74, 6) is -0.0954. The summed E-state index contributed by atoms with van der Waals surface area (Å²) in [5.41, 5.74) is 0. The van der Waals surface area contributed by atoms with Crippen LogP contribution in [0.5, 0.6) is 0 Å². The molecule has 1 unspecified atom stereocenters. The molecule has 0 spiro atoms. The lowest BCUT2D eigenvalue weighted by Gasteiger charge is -2.16. The van der Waals surface area contributed by atoms with Gasteiger partial charge in [-0.25, -0.2) is 4.79 Å². The number of nitrogens with one attached hydrogen (secondary N) is 1. The summed E-state index contributed by atoms with van der Waals surface area (Å²) in [6.45, 7) is 1.49. The van der Waals surface area contributed by atoms with Gasteiger partial charge in [-0.1, -0.05) is 5.16 Å². The zero-order valence-corrected chi connectivity index (χ0v) is 10.4. The number of carbonyl (C=O) groups is 2. The molecular formula is C11H16N4O4. The minimum atomic E-state index is -0.792. The minimum absolute atomic E-state index is 0.156. The third-order valence-corrected chi connectivity index (χ3v) is 3.14. The second-order valence-electron chi connectivity index (χ2n) is 4.54. The van der Waals surface area contributed by atoms with Crippen molar-refractivity contribution in [3.05, 3.63) is 12.2 Å². The van der Waals surface area contributed by atoms with E-state index < -0.39 is 5.97 Å². The highest BCUT2D eigenvalue weighted by molar-refractivity contribution is 5.74. The van der Waals surface area contributed by atoms with Gasteiger partial charge in [-0.2, -0.15) is 4.98 Å². The standard InChI is InChI=1S/C11H16N4O4/c16-10(17)2-1-8-3-4-15(6-8)11(18)12-5-9-13-7-19-14-9/h7-8H,1-6H2,(H,12,18)(H,16,17). The summed E-state index contributed by atoms with van der Waals surface area (Å²) in [7, 11) is 0. The molecule has 0 aliphatic carbocycles. The molecule has 1 saturated heterocycles. The molecular weight excluding hydrogens is 252 g/mol. The third-order valence-electron chi connectivity index (χ3n) is 3.14. The number of aromatic nitrogens is 2. The molecule has 8 nitrogen and oxygen atoms in total. The summed E-state index contributed by atoms with van der Waals surface area (Å²) in [6.07, 6.45) is 2.83. The largest absolute Gasteiger partial charge is 0.481 e. The van der Waals surface area contributed by atoms with Gasteiger partial charge < -0.3 is 19.8 Å². The summed E-state index contributed by atoms with van der Waals surface area (Å²) < 4.78 is 4.56. The summed E-state index contributed by atoms with van der Waals surface area (Å²) in [5, 5.41) is 14.9. The first kappa shape index (κ1) is 13.3. The van der Waals surface area contributed by atoms with E-state index in [-0.39, 0.29) is 24.9 Å². The van der Waals surface area contributed by atoms with Gasteiger partial charge in [0.25, 0.3) is 0 Å². The molecule has 1 aliphatic rings. The third kappa shape index (κ3) is 3.94. The van der Waals surface area contributed by atoms with Crippen molar-refractivity contribution in [3.8, 4) is 0 Å². The average molecular weight is 268 g/mol. The number of rotatable bonds is 5. The molecule has 1 aliphatic heterocycles. The predicted molar refractivity (Wildman–Crippen MR) is 63.1 cm³/mol. The molecule has 0 saturated carbocycles. The lowest BCUT2D eigenvalue weighted by Crippen LogP contribution is -2.38. The number of nitrogens with zero attached hydrogens (tertiary/aromatic N) is 3. The number of carboxylic acid groups (broad SMARTS) is 1. The zero-order chi connectivity index (χ0) is 13.7. The van der Waals surface area contributed by atoms with Crippen LogP contribution in [-0.2, 0) is 11.3 Å². The lowest BCUT2D eigenvalue weighted by molar-refractivity contribution is -0.137. The van der Waals surface area contributed by atoms with Gasteiger partial charge in [-0.3, -0.25) is 4.79 Å². The van der Waals surface area contributed by atoms with Crippen LogP contribution < -0.4 is 5.32 Å². The second kappa shape index (κ2) is 6.17. The molecule has 2 amide bonds. The van der Waals surface area contributed by atoms with Crippen LogP contribution in [0, 0.1) is 5.92 Å². The molecule has 104 valence electrons. The van der Waals surface area contributed by atoms with Gasteiger partial charge in [-0.05, 0) is 18.8 Å². The molecule has 2 heterocycles. The molecule has 1 aromatic heterocycles. The fraction of sp³-hybridized carbons (Fsp3) is 0.636. The van der Waals surface area contributed by atoms with E-state index in [0.717, 1.165) is 6.42 Å². The van der Waals surface area contributed by atoms with Crippen LogP contribution in [0.4, 0.5) is 4.79 Å². The highest BCUT2D eigenvalue weighted by Gasteiger charge is 2.26. The predicted octanol–water partition coefficient (Wildman–Crippen LogP) is 0.466. The second-order valence-corrected chi connectivity index (χ2v) is 4.54. The molecule has 1 atom stereocenters. The highest BCUT2D eigenvalue weighted by Crippen LogP contribution is 2.20. The Morgan fingerprint density at radius 2 is 2.42 bits per heavy atom. The van der Waals surface area contributed by atoms with E-state index in [4.69, 9.17) is 5.11 Å². The minimum Gasteiger partial charge on any atom is -0.481 e. The van der Waals surface area contributed by atoms with Crippen LogP contribution in [0.2, 0.25) is 0 Å². The first-order chi connectivity index (χ1) is 9.15. The molecule has 1 fully saturated rings. The number of carbonyl (C=O) groups excluding carboxylic acids is 1. The van der Waals surface area contributed by atoms with Crippen LogP contribution >= 0.6 is 0 Å². The topological polar surface area (TPSA) is 109 Å². The number of hydrogen-bond acceptors (Lipinski definition) is 5. The molecule has 1 aromatic rings. The number of likely N-dealkylation sites (tertiary alicyclic amines) is 1. The smallest absolute Gasteiger partial charge is 0.317 e. The van der Waals surface area contributed by atoms with Crippen molar-refractivity contribution < 1.29 is 19.2 Å². The quantitative estimate of drug-likeness (QED) is 0.803. The van der Waals surface area contributed by atoms with Gasteiger partial charge in [0.1, 0.15) is 0 Å². The van der Waals surface area contributed by atoms with E-state index in [1.807, 2.05) is 0 Å². The van der Waals surface area contributed by atoms with Crippen molar-refractivity contribution in [2.45, 2.75) is 25.8 Å². The van der Waals surface area contributed by atoms with Crippen molar-refractivity contribution >= 4 is 12.0 Å². The Morgan fingerprint density at radius 3 is 3.11 bits per heavy atom. The summed E-state index contributed by atoms with van der Waals surface area (Å²) in [6, 6.07) is -0.178. The Morgan fingerprint density at radius 1 is 1.58 bits per heavy atom. The van der Waals surface area contributed by atoms with E-state index in [1.165, 1.54) is 6.39 Å². The maximum absolute atomic E-state index is 11.8. The van der Waals surface area contributed by atoms with Gasteiger partial charge in [0, 0.05) is 19.5 Å². The van der Waals surface area contributed by atoms with Crippen molar-refractivity contribution in [1.82, 2.24) is 20.4 Å². The maximum Gasteiger partial charge on any atom is 0.317 e. The van der Waals surface area contributed by atoms with Crippen molar-refractivity contribution in [2.75, 3.05) is 13.1 Å². The van der Waals surface area contributed by atoms with Gasteiger partial charge in [0.05, 0.1) is 6.54 Å². The number of hydrogen-bond donors (Lipinski definition) is 2. The van der Waals surface area contributed by atoms with Crippen molar-refractivity contribution in [2.24, 2.45) is 5.92 Å². The first-order valence-corrected chi connectivity index (χ1v) is 6.15. The monoisotopic (exact) mass is 268 g/mol. The normalized spacial score (nSPS) is 18.5. The fourth-order valence-electron chi connectivity index (χ4n) is 2.12. The number of carboxylic acids is 1. The zero-order valence-electron chi connectivity index (χ0n) is 10.4.